The maximum absolute atomic E-state index is 12.5. The fraction of sp³-hybridized carbons (Fsp3) is 0.250. The number of alkyl halides is 3. The molecule has 0 radical (unpaired) electrons. The number of carbonyl (C=O) groups excluding carboxylic acids is 1. The molecule has 0 aliphatic rings. The summed E-state index contributed by atoms with van der Waals surface area (Å²) in [6.45, 7) is 0.0403. The van der Waals surface area contributed by atoms with Crippen LogP contribution in [0, 0.1) is 10.1 Å². The van der Waals surface area contributed by atoms with Crippen LogP contribution in [-0.4, -0.2) is 25.6 Å². The number of pyridine rings is 1. The summed E-state index contributed by atoms with van der Waals surface area (Å²) in [7, 11) is 0. The van der Waals surface area contributed by atoms with Crippen LogP contribution in [0.1, 0.15) is 12.1 Å². The van der Waals surface area contributed by atoms with Crippen LogP contribution >= 0.6 is 0 Å². The van der Waals surface area contributed by atoms with E-state index in [-0.39, 0.29) is 24.5 Å². The highest BCUT2D eigenvalue weighted by Gasteiger charge is 2.32. The molecule has 0 spiro atoms. The van der Waals surface area contributed by atoms with Crippen LogP contribution in [0.4, 0.5) is 24.7 Å². The summed E-state index contributed by atoms with van der Waals surface area (Å²) >= 11 is 0. The first-order chi connectivity index (χ1) is 10.8. The van der Waals surface area contributed by atoms with Gasteiger partial charge in [0.2, 0.25) is 5.91 Å². The first-order valence-electron chi connectivity index (χ1n) is 6.26. The molecule has 0 atom stereocenters. The Balaban J connectivity index is 1.93. The van der Waals surface area contributed by atoms with Gasteiger partial charge in [-0.15, -0.1) is 0 Å². The van der Waals surface area contributed by atoms with E-state index in [0.717, 1.165) is 24.5 Å². The lowest BCUT2D eigenvalue weighted by Gasteiger charge is -2.08. The third-order valence-electron chi connectivity index (χ3n) is 2.71. The van der Waals surface area contributed by atoms with Gasteiger partial charge in [-0.3, -0.25) is 19.6 Å². The molecule has 0 saturated heterocycles. The van der Waals surface area contributed by atoms with Crippen molar-refractivity contribution in [2.45, 2.75) is 19.1 Å². The normalized spacial score (nSPS) is 11.3. The van der Waals surface area contributed by atoms with Crippen LogP contribution in [0.5, 0.6) is 0 Å². The number of nitro groups is 1. The number of rotatable bonds is 5. The van der Waals surface area contributed by atoms with Crippen LogP contribution in [0.2, 0.25) is 0 Å². The van der Waals surface area contributed by atoms with Crippen molar-refractivity contribution in [2.24, 2.45) is 0 Å². The minimum atomic E-state index is -4.60. The van der Waals surface area contributed by atoms with Gasteiger partial charge in [-0.2, -0.15) is 18.3 Å². The molecule has 8 nitrogen and oxygen atoms in total. The number of halogens is 3. The lowest BCUT2D eigenvalue weighted by molar-refractivity contribution is -0.385. The molecule has 23 heavy (non-hydrogen) atoms. The van der Waals surface area contributed by atoms with Gasteiger partial charge in [0.15, 0.2) is 0 Å². The first kappa shape index (κ1) is 16.4. The van der Waals surface area contributed by atoms with Crippen LogP contribution in [-0.2, 0) is 17.5 Å². The molecule has 2 aromatic heterocycles. The monoisotopic (exact) mass is 329 g/mol. The molecule has 0 bridgehead atoms. The zero-order valence-electron chi connectivity index (χ0n) is 11.4. The molecule has 11 heteroatoms. The Morgan fingerprint density at radius 3 is 2.74 bits per heavy atom. The third kappa shape index (κ3) is 4.49. The largest absolute Gasteiger partial charge is 0.433 e. The maximum Gasteiger partial charge on any atom is 0.433 e. The number of aryl methyl sites for hydroxylation is 1. The Morgan fingerprint density at radius 1 is 1.39 bits per heavy atom. The van der Waals surface area contributed by atoms with Crippen LogP contribution in [0.15, 0.2) is 30.6 Å². The Labute approximate surface area is 127 Å². The molecule has 0 fully saturated rings. The van der Waals surface area contributed by atoms with Crippen molar-refractivity contribution in [3.05, 3.63) is 46.4 Å². The number of aromatic nitrogens is 3. The van der Waals surface area contributed by atoms with Gasteiger partial charge in [-0.1, -0.05) is 6.07 Å². The molecule has 2 aromatic rings. The predicted octanol–water partition coefficient (Wildman–Crippen LogP) is 2.23. The Kier molecular flexibility index (Phi) is 4.57. The van der Waals surface area contributed by atoms with Crippen molar-refractivity contribution < 1.29 is 22.9 Å². The summed E-state index contributed by atoms with van der Waals surface area (Å²) in [5, 5.41) is 16.4. The highest BCUT2D eigenvalue weighted by molar-refractivity contribution is 5.89. The van der Waals surface area contributed by atoms with Crippen molar-refractivity contribution in [3.8, 4) is 0 Å². The van der Waals surface area contributed by atoms with E-state index in [1.54, 1.807) is 0 Å². The number of hydrogen-bond acceptors (Lipinski definition) is 5. The minimum absolute atomic E-state index is 0.0403. The smallest absolute Gasteiger partial charge is 0.311 e. The number of hydrogen-bond donors (Lipinski definition) is 1. The molecule has 1 N–H and O–H groups in total. The average molecular weight is 329 g/mol. The molecule has 122 valence electrons. The van der Waals surface area contributed by atoms with Gasteiger partial charge in [0, 0.05) is 13.0 Å². The third-order valence-corrected chi connectivity index (χ3v) is 2.71. The number of nitrogens with one attached hydrogen (secondary N) is 1. The van der Waals surface area contributed by atoms with E-state index in [0.29, 0.717) is 0 Å². The van der Waals surface area contributed by atoms with E-state index in [9.17, 15) is 28.1 Å². The minimum Gasteiger partial charge on any atom is -0.311 e. The summed E-state index contributed by atoms with van der Waals surface area (Å²) in [5.41, 5.74) is -1.33. The molecule has 2 rings (SSSR count). The Hall–Kier alpha value is -2.98. The fourth-order valence-electron chi connectivity index (χ4n) is 1.65. The quantitative estimate of drug-likeness (QED) is 0.669. The second-order valence-electron chi connectivity index (χ2n) is 4.42. The molecule has 0 aromatic carbocycles. The van der Waals surface area contributed by atoms with Crippen molar-refractivity contribution >= 4 is 17.4 Å². The summed E-state index contributed by atoms with van der Waals surface area (Å²) in [5.74, 6) is -0.814. The van der Waals surface area contributed by atoms with Gasteiger partial charge in [0.05, 0.1) is 4.92 Å². The number of anilines is 1. The zero-order valence-corrected chi connectivity index (χ0v) is 11.4. The molecule has 0 aliphatic carbocycles. The highest BCUT2D eigenvalue weighted by Crippen LogP contribution is 2.28. The predicted molar refractivity (Wildman–Crippen MR) is 71.4 cm³/mol. The fourth-order valence-corrected chi connectivity index (χ4v) is 1.65. The van der Waals surface area contributed by atoms with Gasteiger partial charge in [0.25, 0.3) is 0 Å². The van der Waals surface area contributed by atoms with Crippen molar-refractivity contribution in [1.82, 2.24) is 14.8 Å². The Morgan fingerprint density at radius 2 is 2.13 bits per heavy atom. The van der Waals surface area contributed by atoms with Gasteiger partial charge in [0.1, 0.15) is 23.9 Å². The summed E-state index contributed by atoms with van der Waals surface area (Å²) in [6, 6.07) is 3.15. The number of carbonyl (C=O) groups is 1. The number of nitrogens with zero attached hydrogens (tertiary/aromatic N) is 4. The first-order valence-corrected chi connectivity index (χ1v) is 6.26. The summed E-state index contributed by atoms with van der Waals surface area (Å²) in [6.07, 6.45) is -2.55. The molecular formula is C12H10F3N5O3. The lowest BCUT2D eigenvalue weighted by Crippen LogP contribution is -2.17. The molecule has 1 amide bonds. The average Bonchev–Trinajstić information content (AvgIpc) is 2.94. The van der Waals surface area contributed by atoms with Crippen molar-refractivity contribution in [1.29, 1.82) is 0 Å². The molecule has 2 heterocycles. The van der Waals surface area contributed by atoms with E-state index in [4.69, 9.17) is 0 Å². The van der Waals surface area contributed by atoms with E-state index < -0.39 is 22.7 Å². The van der Waals surface area contributed by atoms with Crippen LogP contribution in [0.3, 0.4) is 0 Å². The standard InChI is InChI=1S/C12H10F3N5O3/c13-12(14,15)9-2-1-3-10(17-9)18-11(21)4-5-19-7-8(6-16-19)20(22)23/h1-3,6-7H,4-5H2,(H,17,18,21). The van der Waals surface area contributed by atoms with Crippen LogP contribution in [0.25, 0.3) is 0 Å². The molecule has 0 aliphatic heterocycles. The van der Waals surface area contributed by atoms with E-state index in [1.807, 2.05) is 0 Å². The SMILES string of the molecule is O=C(CCn1cc([N+](=O)[O-])cn1)Nc1cccc(C(F)(F)F)n1. The summed E-state index contributed by atoms with van der Waals surface area (Å²) in [4.78, 5) is 24.8. The van der Waals surface area contributed by atoms with E-state index >= 15 is 0 Å². The van der Waals surface area contributed by atoms with Gasteiger partial charge in [-0.05, 0) is 12.1 Å². The topological polar surface area (TPSA) is 103 Å². The van der Waals surface area contributed by atoms with E-state index in [2.05, 4.69) is 15.4 Å². The van der Waals surface area contributed by atoms with Gasteiger partial charge < -0.3 is 5.32 Å². The molecular weight excluding hydrogens is 319 g/mol. The molecule has 0 unspecified atom stereocenters. The van der Waals surface area contributed by atoms with Crippen molar-refractivity contribution in [3.63, 3.8) is 0 Å². The molecule has 0 saturated carbocycles. The second-order valence-corrected chi connectivity index (χ2v) is 4.42. The van der Waals surface area contributed by atoms with Crippen LogP contribution < -0.4 is 5.32 Å². The van der Waals surface area contributed by atoms with Gasteiger partial charge in [-0.25, -0.2) is 4.98 Å². The van der Waals surface area contributed by atoms with Gasteiger partial charge >= 0.3 is 11.9 Å². The van der Waals surface area contributed by atoms with E-state index in [1.165, 1.54) is 10.7 Å². The highest BCUT2D eigenvalue weighted by atomic mass is 19.4. The Bertz CT molecular complexity index is 729. The summed E-state index contributed by atoms with van der Waals surface area (Å²) < 4.78 is 38.7. The maximum atomic E-state index is 12.5. The second kappa shape index (κ2) is 6.42. The lowest BCUT2D eigenvalue weighted by atomic mass is 10.3. The number of amides is 1. The van der Waals surface area contributed by atoms with Crippen molar-refractivity contribution in [2.75, 3.05) is 5.32 Å². The zero-order chi connectivity index (χ0) is 17.0.